The number of ether oxygens (including phenoxy) is 1. The molecule has 0 aromatic heterocycles. The average Bonchev–Trinajstić information content (AvgIpc) is 2.46. The molecule has 132 valence electrons. The molecule has 0 unspecified atom stereocenters. The van der Waals surface area contributed by atoms with Crippen LogP contribution in [0, 0.1) is 0 Å². The molecule has 1 aliphatic rings. The Balaban J connectivity index is 0.00000242. The summed E-state index contributed by atoms with van der Waals surface area (Å²) in [6.07, 6.45) is 0.740. The number of para-hydroxylation sites is 1. The molecule has 0 spiro atoms. The van der Waals surface area contributed by atoms with Gasteiger partial charge in [0.25, 0.3) is 0 Å². The minimum atomic E-state index is -2.81. The predicted molar refractivity (Wildman–Crippen MR) is 94.2 cm³/mol. The maximum absolute atomic E-state index is 12.6. The quantitative estimate of drug-likeness (QED) is 0.766. The molecule has 7 heteroatoms. The lowest BCUT2D eigenvalue weighted by molar-refractivity contribution is -0.0512. The highest BCUT2D eigenvalue weighted by Gasteiger charge is 2.25. The van der Waals surface area contributed by atoms with Gasteiger partial charge < -0.3 is 10.1 Å². The Morgan fingerprint density at radius 2 is 1.87 bits per heavy atom. The lowest BCUT2D eigenvalue weighted by Gasteiger charge is -2.36. The Labute approximate surface area is 148 Å². The molecular formula is C16H24Cl2F2N2O. The molecule has 1 N–H and O–H groups in total. The molecule has 1 atom stereocenters. The van der Waals surface area contributed by atoms with E-state index in [9.17, 15) is 8.78 Å². The van der Waals surface area contributed by atoms with E-state index in [-0.39, 0.29) is 36.6 Å². The van der Waals surface area contributed by atoms with E-state index in [2.05, 4.69) is 16.8 Å². The molecule has 1 aliphatic heterocycles. The van der Waals surface area contributed by atoms with Crippen molar-refractivity contribution in [2.75, 3.05) is 26.2 Å². The number of piperazine rings is 1. The highest BCUT2D eigenvalue weighted by Crippen LogP contribution is 2.34. The van der Waals surface area contributed by atoms with Gasteiger partial charge in [0, 0.05) is 37.8 Å². The largest absolute Gasteiger partial charge is 0.434 e. The van der Waals surface area contributed by atoms with Crippen molar-refractivity contribution < 1.29 is 13.5 Å². The molecule has 1 saturated heterocycles. The first-order valence-corrected chi connectivity index (χ1v) is 7.21. The molecule has 0 aliphatic carbocycles. The molecule has 1 aromatic carbocycles. The number of nitrogens with one attached hydrogen (secondary N) is 1. The Morgan fingerprint density at radius 1 is 1.26 bits per heavy atom. The summed E-state index contributed by atoms with van der Waals surface area (Å²) in [7, 11) is 0. The van der Waals surface area contributed by atoms with Crippen molar-refractivity contribution >= 4 is 24.8 Å². The molecule has 0 amide bonds. The number of rotatable bonds is 6. The Bertz CT molecular complexity index is 483. The predicted octanol–water partition coefficient (Wildman–Crippen LogP) is 4.04. The standard InChI is InChI=1S/C16H22F2N2O.2ClH/c1-12(2)11-14(20-9-7-19-8-10-20)13-5-3-4-6-15(13)21-16(17)18;;/h3-6,14,16,19H,1,7-11H2,2H3;2*1H/t14-;;/m1../s1. The third-order valence-corrected chi connectivity index (χ3v) is 3.63. The highest BCUT2D eigenvalue weighted by molar-refractivity contribution is 5.85. The third-order valence-electron chi connectivity index (χ3n) is 3.63. The van der Waals surface area contributed by atoms with Gasteiger partial charge in [-0.05, 0) is 19.4 Å². The van der Waals surface area contributed by atoms with E-state index in [4.69, 9.17) is 4.74 Å². The molecule has 1 aromatic rings. The fourth-order valence-electron chi connectivity index (χ4n) is 2.72. The summed E-state index contributed by atoms with van der Waals surface area (Å²) in [4.78, 5) is 2.30. The van der Waals surface area contributed by atoms with Crippen LogP contribution in [-0.2, 0) is 0 Å². The molecule has 3 nitrogen and oxygen atoms in total. The van der Waals surface area contributed by atoms with Gasteiger partial charge >= 0.3 is 6.61 Å². The van der Waals surface area contributed by atoms with Crippen molar-refractivity contribution in [2.24, 2.45) is 0 Å². The summed E-state index contributed by atoms with van der Waals surface area (Å²) < 4.78 is 29.9. The number of benzene rings is 1. The highest BCUT2D eigenvalue weighted by atomic mass is 35.5. The van der Waals surface area contributed by atoms with Gasteiger partial charge in [-0.15, -0.1) is 31.4 Å². The molecule has 23 heavy (non-hydrogen) atoms. The van der Waals surface area contributed by atoms with Gasteiger partial charge in [0.15, 0.2) is 0 Å². The van der Waals surface area contributed by atoms with Crippen LogP contribution in [0.5, 0.6) is 5.75 Å². The Kier molecular flexibility index (Phi) is 10.4. The SMILES string of the molecule is C=C(C)C[C@H](c1ccccc1OC(F)F)N1CCNCC1.Cl.Cl. The topological polar surface area (TPSA) is 24.5 Å². The zero-order chi connectivity index (χ0) is 15.2. The van der Waals surface area contributed by atoms with Gasteiger partial charge in [-0.1, -0.05) is 23.8 Å². The van der Waals surface area contributed by atoms with Crippen LogP contribution in [0.3, 0.4) is 0 Å². The minimum Gasteiger partial charge on any atom is -0.434 e. The van der Waals surface area contributed by atoms with Crippen LogP contribution in [0.4, 0.5) is 8.78 Å². The maximum atomic E-state index is 12.6. The minimum absolute atomic E-state index is 0. The molecule has 1 heterocycles. The van der Waals surface area contributed by atoms with Crippen LogP contribution in [0.1, 0.15) is 24.9 Å². The Hall–Kier alpha value is -0.880. The van der Waals surface area contributed by atoms with Gasteiger partial charge in [0.1, 0.15) is 5.75 Å². The summed E-state index contributed by atoms with van der Waals surface area (Å²) in [5.74, 6) is 0.261. The second-order valence-electron chi connectivity index (χ2n) is 5.38. The number of hydrogen-bond acceptors (Lipinski definition) is 3. The van der Waals surface area contributed by atoms with Crippen molar-refractivity contribution in [1.29, 1.82) is 0 Å². The summed E-state index contributed by atoms with van der Waals surface area (Å²) in [6.45, 7) is 6.73. The zero-order valence-electron chi connectivity index (χ0n) is 13.1. The monoisotopic (exact) mass is 368 g/mol. The van der Waals surface area contributed by atoms with Crippen molar-refractivity contribution in [3.63, 3.8) is 0 Å². The van der Waals surface area contributed by atoms with E-state index in [1.165, 1.54) is 0 Å². The lowest BCUT2D eigenvalue weighted by Crippen LogP contribution is -2.45. The molecule has 0 bridgehead atoms. The smallest absolute Gasteiger partial charge is 0.387 e. The van der Waals surface area contributed by atoms with Crippen LogP contribution in [0.15, 0.2) is 36.4 Å². The Morgan fingerprint density at radius 3 is 2.43 bits per heavy atom. The summed E-state index contributed by atoms with van der Waals surface area (Å²) in [6, 6.07) is 7.08. The third kappa shape index (κ3) is 6.63. The molecule has 0 radical (unpaired) electrons. The first-order valence-electron chi connectivity index (χ1n) is 7.21. The van der Waals surface area contributed by atoms with Crippen molar-refractivity contribution in [2.45, 2.75) is 26.0 Å². The van der Waals surface area contributed by atoms with E-state index in [0.29, 0.717) is 0 Å². The van der Waals surface area contributed by atoms with Gasteiger partial charge in [-0.3, -0.25) is 4.90 Å². The van der Waals surface area contributed by atoms with E-state index in [1.54, 1.807) is 12.1 Å². The first-order chi connectivity index (χ1) is 10.1. The van der Waals surface area contributed by atoms with Gasteiger partial charge in [0.2, 0.25) is 0 Å². The normalized spacial score (nSPS) is 16.2. The van der Waals surface area contributed by atoms with Crippen LogP contribution >= 0.6 is 24.8 Å². The van der Waals surface area contributed by atoms with E-state index >= 15 is 0 Å². The van der Waals surface area contributed by atoms with Crippen LogP contribution in [0.25, 0.3) is 0 Å². The fraction of sp³-hybridized carbons (Fsp3) is 0.500. The average molecular weight is 369 g/mol. The van der Waals surface area contributed by atoms with Crippen molar-refractivity contribution in [3.05, 3.63) is 42.0 Å². The second-order valence-corrected chi connectivity index (χ2v) is 5.38. The summed E-state index contributed by atoms with van der Waals surface area (Å²) in [5.41, 5.74) is 1.84. The van der Waals surface area contributed by atoms with Crippen LogP contribution in [0.2, 0.25) is 0 Å². The maximum Gasteiger partial charge on any atom is 0.387 e. The van der Waals surface area contributed by atoms with Crippen molar-refractivity contribution in [3.8, 4) is 5.75 Å². The van der Waals surface area contributed by atoms with E-state index < -0.39 is 6.61 Å². The fourth-order valence-corrected chi connectivity index (χ4v) is 2.72. The molecular weight excluding hydrogens is 345 g/mol. The van der Waals surface area contributed by atoms with Crippen LogP contribution in [-0.4, -0.2) is 37.7 Å². The summed E-state index contributed by atoms with van der Waals surface area (Å²) in [5, 5.41) is 3.31. The molecule has 0 saturated carbocycles. The number of halogens is 4. The summed E-state index contributed by atoms with van der Waals surface area (Å²) >= 11 is 0. The molecule has 1 fully saturated rings. The number of alkyl halides is 2. The first kappa shape index (κ1) is 22.1. The second kappa shape index (κ2) is 10.8. The van der Waals surface area contributed by atoms with Gasteiger partial charge in [-0.2, -0.15) is 8.78 Å². The van der Waals surface area contributed by atoms with Gasteiger partial charge in [-0.25, -0.2) is 0 Å². The number of nitrogens with zero attached hydrogens (tertiary/aromatic N) is 1. The van der Waals surface area contributed by atoms with Crippen LogP contribution < -0.4 is 10.1 Å². The lowest BCUT2D eigenvalue weighted by atomic mass is 9.97. The van der Waals surface area contributed by atoms with E-state index in [0.717, 1.165) is 43.7 Å². The van der Waals surface area contributed by atoms with Crippen molar-refractivity contribution in [1.82, 2.24) is 10.2 Å². The molecule has 2 rings (SSSR count). The number of hydrogen-bond donors (Lipinski definition) is 1. The van der Waals surface area contributed by atoms with Gasteiger partial charge in [0.05, 0.1) is 0 Å². The zero-order valence-corrected chi connectivity index (χ0v) is 14.8. The van der Waals surface area contributed by atoms with E-state index in [1.807, 2.05) is 19.1 Å².